The number of piperidine rings is 1. The van der Waals surface area contributed by atoms with Crippen LogP contribution in [0, 0.1) is 5.41 Å². The number of aliphatic carboxylic acids is 1. The van der Waals surface area contributed by atoms with E-state index in [-0.39, 0.29) is 11.5 Å². The maximum Gasteiger partial charge on any atom is 0.320 e. The van der Waals surface area contributed by atoms with E-state index >= 15 is 0 Å². The van der Waals surface area contributed by atoms with Crippen molar-refractivity contribution in [3.63, 3.8) is 0 Å². The van der Waals surface area contributed by atoms with Crippen molar-refractivity contribution >= 4 is 17.3 Å². The molecule has 0 radical (unpaired) electrons. The first-order chi connectivity index (χ1) is 7.20. The standard InChI is InChI=1S/C10H12N2O2S/c13-9(14)6-3-10(4-7(10)12-6)5-8-11-1-2-15-8/h1-2,6-7,12H,3-5H2,(H,13,14)/t6-,7-,10+/m0/s1. The van der Waals surface area contributed by atoms with Gasteiger partial charge in [-0.2, -0.15) is 0 Å². The van der Waals surface area contributed by atoms with Crippen LogP contribution in [-0.4, -0.2) is 28.1 Å². The molecule has 2 heterocycles. The average molecular weight is 224 g/mol. The molecule has 2 fully saturated rings. The van der Waals surface area contributed by atoms with Crippen molar-refractivity contribution in [2.45, 2.75) is 31.3 Å². The number of thiazole rings is 1. The Bertz CT molecular complexity index is 392. The van der Waals surface area contributed by atoms with Crippen LogP contribution < -0.4 is 5.32 Å². The second kappa shape index (κ2) is 3.02. The normalized spacial score (nSPS) is 37.6. The molecule has 5 heteroatoms. The van der Waals surface area contributed by atoms with Crippen molar-refractivity contribution < 1.29 is 9.90 Å². The van der Waals surface area contributed by atoms with Crippen LogP contribution >= 0.6 is 11.3 Å². The summed E-state index contributed by atoms with van der Waals surface area (Å²) >= 11 is 1.66. The minimum Gasteiger partial charge on any atom is -0.480 e. The van der Waals surface area contributed by atoms with E-state index in [1.807, 2.05) is 11.6 Å². The van der Waals surface area contributed by atoms with E-state index in [0.29, 0.717) is 6.04 Å². The second-order valence-electron chi connectivity index (χ2n) is 4.48. The Morgan fingerprint density at radius 1 is 1.73 bits per heavy atom. The first-order valence-electron chi connectivity index (χ1n) is 5.07. The highest BCUT2D eigenvalue weighted by atomic mass is 32.1. The quantitative estimate of drug-likeness (QED) is 0.800. The Morgan fingerprint density at radius 3 is 3.20 bits per heavy atom. The van der Waals surface area contributed by atoms with Crippen LogP contribution in [0.3, 0.4) is 0 Å². The number of rotatable bonds is 3. The Labute approximate surface area is 91.3 Å². The van der Waals surface area contributed by atoms with E-state index in [1.165, 1.54) is 0 Å². The number of nitrogens with one attached hydrogen (secondary N) is 1. The number of carboxylic acid groups (broad SMARTS) is 1. The number of fused-ring (bicyclic) bond motifs is 1. The fourth-order valence-corrected chi connectivity index (χ4v) is 3.36. The molecule has 2 N–H and O–H groups in total. The van der Waals surface area contributed by atoms with Crippen LogP contribution in [0.25, 0.3) is 0 Å². The zero-order chi connectivity index (χ0) is 10.5. The van der Waals surface area contributed by atoms with E-state index in [2.05, 4.69) is 10.3 Å². The first-order valence-corrected chi connectivity index (χ1v) is 5.95. The van der Waals surface area contributed by atoms with E-state index < -0.39 is 5.97 Å². The zero-order valence-electron chi connectivity index (χ0n) is 8.14. The molecule has 3 rings (SSSR count). The summed E-state index contributed by atoms with van der Waals surface area (Å²) in [6.07, 6.45) is 4.61. The van der Waals surface area contributed by atoms with Crippen LogP contribution in [0.1, 0.15) is 17.8 Å². The Balaban J connectivity index is 1.71. The van der Waals surface area contributed by atoms with Gasteiger partial charge >= 0.3 is 5.97 Å². The summed E-state index contributed by atoms with van der Waals surface area (Å²) in [7, 11) is 0. The summed E-state index contributed by atoms with van der Waals surface area (Å²) in [4.78, 5) is 15.1. The van der Waals surface area contributed by atoms with Crippen molar-refractivity contribution in [1.82, 2.24) is 10.3 Å². The second-order valence-corrected chi connectivity index (χ2v) is 5.46. The van der Waals surface area contributed by atoms with Gasteiger partial charge in [-0.05, 0) is 18.3 Å². The van der Waals surface area contributed by atoms with Gasteiger partial charge in [0.2, 0.25) is 0 Å². The lowest BCUT2D eigenvalue weighted by Crippen LogP contribution is -2.33. The van der Waals surface area contributed by atoms with Crippen molar-refractivity contribution in [2.24, 2.45) is 5.41 Å². The van der Waals surface area contributed by atoms with Gasteiger partial charge in [-0.25, -0.2) is 4.98 Å². The maximum atomic E-state index is 10.8. The molecule has 0 aromatic carbocycles. The van der Waals surface area contributed by atoms with Gasteiger partial charge in [0.25, 0.3) is 0 Å². The highest BCUT2D eigenvalue weighted by molar-refractivity contribution is 7.09. The van der Waals surface area contributed by atoms with E-state index in [4.69, 9.17) is 5.11 Å². The molecular weight excluding hydrogens is 212 g/mol. The van der Waals surface area contributed by atoms with Crippen molar-refractivity contribution in [2.75, 3.05) is 0 Å². The predicted molar refractivity (Wildman–Crippen MR) is 55.8 cm³/mol. The van der Waals surface area contributed by atoms with Gasteiger partial charge in [-0.15, -0.1) is 11.3 Å². The Morgan fingerprint density at radius 2 is 2.60 bits per heavy atom. The minimum absolute atomic E-state index is 0.195. The number of carboxylic acids is 1. The number of nitrogens with zero attached hydrogens (tertiary/aromatic N) is 1. The van der Waals surface area contributed by atoms with Gasteiger partial charge in [-0.3, -0.25) is 4.79 Å². The van der Waals surface area contributed by atoms with Gasteiger partial charge in [0.15, 0.2) is 0 Å². The summed E-state index contributed by atoms with van der Waals surface area (Å²) in [6.45, 7) is 0. The molecule has 15 heavy (non-hydrogen) atoms. The van der Waals surface area contributed by atoms with Crippen LogP contribution in [0.15, 0.2) is 11.6 Å². The van der Waals surface area contributed by atoms with Gasteiger partial charge in [0.05, 0.1) is 5.01 Å². The molecule has 2 aliphatic rings. The molecule has 3 atom stereocenters. The van der Waals surface area contributed by atoms with E-state index in [0.717, 1.165) is 24.3 Å². The smallest absolute Gasteiger partial charge is 0.320 e. The molecular formula is C10H12N2O2S. The van der Waals surface area contributed by atoms with Gasteiger partial charge in [-0.1, -0.05) is 0 Å². The molecule has 1 saturated carbocycles. The number of carbonyl (C=O) groups is 1. The monoisotopic (exact) mass is 224 g/mol. The van der Waals surface area contributed by atoms with Crippen molar-refractivity contribution in [3.05, 3.63) is 16.6 Å². The van der Waals surface area contributed by atoms with Crippen molar-refractivity contribution in [1.29, 1.82) is 0 Å². The third kappa shape index (κ3) is 1.46. The third-order valence-corrected chi connectivity index (χ3v) is 4.27. The molecule has 0 unspecified atom stereocenters. The molecule has 4 nitrogen and oxygen atoms in total. The molecule has 0 amide bonds. The summed E-state index contributed by atoms with van der Waals surface area (Å²) in [5, 5.41) is 15.2. The molecule has 80 valence electrons. The van der Waals surface area contributed by atoms with Crippen LogP contribution in [0.5, 0.6) is 0 Å². The van der Waals surface area contributed by atoms with Gasteiger partial charge in [0.1, 0.15) is 6.04 Å². The molecule has 0 bridgehead atoms. The highest BCUT2D eigenvalue weighted by Gasteiger charge is 2.61. The maximum absolute atomic E-state index is 10.8. The SMILES string of the molecule is O=C(O)[C@@H]1C[C@]2(Cc3nccs3)C[C@@H]2N1. The van der Waals surface area contributed by atoms with Crippen molar-refractivity contribution in [3.8, 4) is 0 Å². The highest BCUT2D eigenvalue weighted by Crippen LogP contribution is 2.56. The molecule has 1 aliphatic heterocycles. The molecule has 1 aromatic rings. The number of aromatic nitrogens is 1. The summed E-state index contributed by atoms with van der Waals surface area (Å²) in [6, 6.07) is 0.0613. The lowest BCUT2D eigenvalue weighted by molar-refractivity contribution is -0.139. The lowest BCUT2D eigenvalue weighted by Gasteiger charge is -2.11. The lowest BCUT2D eigenvalue weighted by atomic mass is 9.96. The largest absolute Gasteiger partial charge is 0.480 e. The van der Waals surface area contributed by atoms with E-state index in [9.17, 15) is 4.79 Å². The topological polar surface area (TPSA) is 62.2 Å². The summed E-state index contributed by atoms with van der Waals surface area (Å²) in [5.74, 6) is -0.722. The molecule has 1 aromatic heterocycles. The Kier molecular flexibility index (Phi) is 1.87. The van der Waals surface area contributed by atoms with Crippen LogP contribution in [-0.2, 0) is 11.2 Å². The zero-order valence-corrected chi connectivity index (χ0v) is 8.96. The first kappa shape index (κ1) is 9.30. The summed E-state index contributed by atoms with van der Waals surface area (Å²) < 4.78 is 0. The van der Waals surface area contributed by atoms with E-state index in [1.54, 1.807) is 11.3 Å². The molecule has 0 spiro atoms. The fraction of sp³-hybridized carbons (Fsp3) is 0.600. The average Bonchev–Trinajstić information content (AvgIpc) is 2.63. The molecule has 1 saturated heterocycles. The Hall–Kier alpha value is -0.940. The number of hydrogen-bond acceptors (Lipinski definition) is 4. The third-order valence-electron chi connectivity index (χ3n) is 3.49. The minimum atomic E-state index is -0.722. The number of hydrogen-bond donors (Lipinski definition) is 2. The van der Waals surface area contributed by atoms with Crippen LogP contribution in [0.4, 0.5) is 0 Å². The van der Waals surface area contributed by atoms with Gasteiger partial charge < -0.3 is 10.4 Å². The fourth-order valence-electron chi connectivity index (χ4n) is 2.58. The van der Waals surface area contributed by atoms with Crippen LogP contribution in [0.2, 0.25) is 0 Å². The molecule has 1 aliphatic carbocycles. The van der Waals surface area contributed by atoms with Gasteiger partial charge in [0, 0.05) is 24.0 Å². The summed E-state index contributed by atoms with van der Waals surface area (Å²) in [5.41, 5.74) is 0.195. The predicted octanol–water partition coefficient (Wildman–Crippen LogP) is 0.891.